The van der Waals surface area contributed by atoms with E-state index in [1.165, 1.54) is 25.3 Å². The van der Waals surface area contributed by atoms with Crippen molar-refractivity contribution in [2.24, 2.45) is 5.41 Å². The molecule has 138 valence electrons. The number of benzene rings is 1. The highest BCUT2D eigenvalue weighted by molar-refractivity contribution is 5.78. The first-order valence-electron chi connectivity index (χ1n) is 8.95. The fraction of sp³-hybridized carbons (Fsp3) is 0.632. The van der Waals surface area contributed by atoms with Crippen LogP contribution in [0.2, 0.25) is 0 Å². The molecule has 1 aliphatic carbocycles. The number of halogens is 3. The second-order valence-corrected chi connectivity index (χ2v) is 7.51. The molecule has 3 rings (SSSR count). The summed E-state index contributed by atoms with van der Waals surface area (Å²) < 4.78 is 45.7. The van der Waals surface area contributed by atoms with E-state index in [-0.39, 0.29) is 17.0 Å². The number of oxazole rings is 1. The van der Waals surface area contributed by atoms with Gasteiger partial charge in [-0.25, -0.2) is 4.98 Å². The van der Waals surface area contributed by atoms with Crippen molar-refractivity contribution in [2.45, 2.75) is 65.1 Å². The number of rotatable bonds is 6. The summed E-state index contributed by atoms with van der Waals surface area (Å²) in [5, 5.41) is 3.34. The summed E-state index contributed by atoms with van der Waals surface area (Å²) in [6.45, 7) is 7.13. The molecule has 0 amide bonds. The number of nitrogens with zero attached hydrogens (tertiary/aromatic N) is 1. The number of aromatic nitrogens is 1. The second kappa shape index (κ2) is 6.63. The van der Waals surface area contributed by atoms with Crippen LogP contribution in [-0.2, 0) is 12.7 Å². The van der Waals surface area contributed by atoms with E-state index >= 15 is 0 Å². The first-order chi connectivity index (χ1) is 11.7. The molecule has 1 saturated carbocycles. The summed E-state index contributed by atoms with van der Waals surface area (Å²) in [5.41, 5.74) is 0.299. The van der Waals surface area contributed by atoms with Gasteiger partial charge in [0.15, 0.2) is 11.5 Å². The molecule has 0 bridgehead atoms. The Morgan fingerprint density at radius 3 is 2.52 bits per heavy atom. The molecule has 25 heavy (non-hydrogen) atoms. The average molecular weight is 354 g/mol. The van der Waals surface area contributed by atoms with Crippen molar-refractivity contribution >= 4 is 11.1 Å². The maximum Gasteiger partial charge on any atom is 0.420 e. The summed E-state index contributed by atoms with van der Waals surface area (Å²) in [4.78, 5) is 4.25. The molecular weight excluding hydrogens is 329 g/mol. The third kappa shape index (κ3) is 3.68. The van der Waals surface area contributed by atoms with Gasteiger partial charge in [0, 0.05) is 19.0 Å². The highest BCUT2D eigenvalue weighted by Gasteiger charge is 2.36. The van der Waals surface area contributed by atoms with Crippen molar-refractivity contribution in [3.63, 3.8) is 0 Å². The summed E-state index contributed by atoms with van der Waals surface area (Å²) in [5.74, 6) is 0.281. The van der Waals surface area contributed by atoms with Crippen LogP contribution in [0.3, 0.4) is 0 Å². The Morgan fingerprint density at radius 1 is 1.28 bits per heavy atom. The van der Waals surface area contributed by atoms with Crippen LogP contribution in [0.5, 0.6) is 0 Å². The second-order valence-electron chi connectivity index (χ2n) is 7.51. The summed E-state index contributed by atoms with van der Waals surface area (Å²) >= 11 is 0. The molecule has 1 aromatic heterocycles. The van der Waals surface area contributed by atoms with Gasteiger partial charge in [-0.15, -0.1) is 0 Å². The van der Waals surface area contributed by atoms with Gasteiger partial charge in [-0.3, -0.25) is 0 Å². The van der Waals surface area contributed by atoms with E-state index in [1.54, 1.807) is 6.07 Å². The summed E-state index contributed by atoms with van der Waals surface area (Å²) in [7, 11) is 0. The van der Waals surface area contributed by atoms with Crippen LogP contribution in [0, 0.1) is 5.41 Å². The Balaban J connectivity index is 1.85. The van der Waals surface area contributed by atoms with Gasteiger partial charge in [-0.1, -0.05) is 27.2 Å². The molecule has 6 heteroatoms. The number of hydrogen-bond acceptors (Lipinski definition) is 3. The lowest BCUT2D eigenvalue weighted by Crippen LogP contribution is -2.39. The van der Waals surface area contributed by atoms with Crippen LogP contribution in [0.25, 0.3) is 11.1 Å². The number of hydrogen-bond donors (Lipinski definition) is 1. The lowest BCUT2D eigenvalue weighted by Gasteiger charge is -2.41. The molecule has 0 radical (unpaired) electrons. The average Bonchev–Trinajstić information content (AvgIpc) is 2.92. The van der Waals surface area contributed by atoms with E-state index in [1.807, 2.05) is 13.8 Å². The SMILES string of the molecule is CCC1(CNCc2cc(C(F)(F)F)c3oc(C(C)C)nc3c2)CCC1. The zero-order chi connectivity index (χ0) is 18.2. The zero-order valence-electron chi connectivity index (χ0n) is 15.0. The Morgan fingerprint density at radius 2 is 2.00 bits per heavy atom. The van der Waals surface area contributed by atoms with E-state index in [4.69, 9.17) is 4.42 Å². The van der Waals surface area contributed by atoms with Crippen LogP contribution in [0.4, 0.5) is 13.2 Å². The van der Waals surface area contributed by atoms with Crippen molar-refractivity contribution < 1.29 is 17.6 Å². The molecule has 1 aromatic carbocycles. The molecule has 0 spiro atoms. The summed E-state index contributed by atoms with van der Waals surface area (Å²) in [6, 6.07) is 2.89. The van der Waals surface area contributed by atoms with E-state index < -0.39 is 11.7 Å². The maximum atomic E-state index is 13.4. The largest absolute Gasteiger partial charge is 0.440 e. The van der Waals surface area contributed by atoms with Crippen LogP contribution in [0.1, 0.15) is 69.4 Å². The quantitative estimate of drug-likeness (QED) is 0.729. The van der Waals surface area contributed by atoms with Crippen molar-refractivity contribution in [1.82, 2.24) is 10.3 Å². The van der Waals surface area contributed by atoms with Crippen LogP contribution >= 0.6 is 0 Å². The van der Waals surface area contributed by atoms with Crippen LogP contribution in [0.15, 0.2) is 16.5 Å². The molecule has 0 atom stereocenters. The monoisotopic (exact) mass is 354 g/mol. The zero-order valence-corrected chi connectivity index (χ0v) is 15.0. The van der Waals surface area contributed by atoms with Crippen LogP contribution < -0.4 is 5.32 Å². The highest BCUT2D eigenvalue weighted by Crippen LogP contribution is 2.43. The number of nitrogens with one attached hydrogen (secondary N) is 1. The molecule has 1 aliphatic rings. The van der Waals surface area contributed by atoms with E-state index in [9.17, 15) is 13.2 Å². The minimum absolute atomic E-state index is 0.0573. The van der Waals surface area contributed by atoms with Gasteiger partial charge in [0.1, 0.15) is 11.1 Å². The fourth-order valence-corrected chi connectivity index (χ4v) is 3.47. The minimum Gasteiger partial charge on any atom is -0.440 e. The lowest BCUT2D eigenvalue weighted by atomic mass is 9.67. The number of alkyl halides is 3. The molecule has 1 heterocycles. The summed E-state index contributed by atoms with van der Waals surface area (Å²) in [6.07, 6.45) is 0.292. The van der Waals surface area contributed by atoms with E-state index in [0.29, 0.717) is 23.4 Å². The highest BCUT2D eigenvalue weighted by atomic mass is 19.4. The van der Waals surface area contributed by atoms with Gasteiger partial charge in [0.25, 0.3) is 0 Å². The van der Waals surface area contributed by atoms with Gasteiger partial charge in [-0.2, -0.15) is 13.2 Å². The molecule has 0 unspecified atom stereocenters. The Bertz CT molecular complexity index is 739. The molecule has 3 nitrogen and oxygen atoms in total. The van der Waals surface area contributed by atoms with Gasteiger partial charge in [-0.05, 0) is 42.4 Å². The first kappa shape index (κ1) is 18.2. The Kier molecular flexibility index (Phi) is 4.84. The predicted octanol–water partition coefficient (Wildman–Crippen LogP) is 5.64. The minimum atomic E-state index is -4.46. The van der Waals surface area contributed by atoms with Crippen molar-refractivity contribution in [2.75, 3.05) is 6.54 Å². The Labute approximate surface area is 146 Å². The standard InChI is InChI=1S/C19H25F3N2O/c1-4-18(6-5-7-18)11-23-10-13-8-14(19(20,21)22)16-15(9-13)24-17(25-16)12(2)3/h8-9,12,23H,4-7,10-11H2,1-3H3. The predicted molar refractivity (Wildman–Crippen MR) is 91.4 cm³/mol. The molecule has 0 saturated heterocycles. The molecule has 2 aromatic rings. The topological polar surface area (TPSA) is 38.1 Å². The third-order valence-corrected chi connectivity index (χ3v) is 5.36. The molecule has 1 N–H and O–H groups in total. The molecular formula is C19H25F3N2O. The van der Waals surface area contributed by atoms with E-state index in [0.717, 1.165) is 13.0 Å². The lowest BCUT2D eigenvalue weighted by molar-refractivity contribution is -0.136. The van der Waals surface area contributed by atoms with Crippen molar-refractivity contribution in [3.8, 4) is 0 Å². The first-order valence-corrected chi connectivity index (χ1v) is 8.95. The number of fused-ring (bicyclic) bond motifs is 1. The van der Waals surface area contributed by atoms with Crippen molar-refractivity contribution in [3.05, 3.63) is 29.2 Å². The Hall–Kier alpha value is -1.56. The molecule has 1 fully saturated rings. The fourth-order valence-electron chi connectivity index (χ4n) is 3.47. The normalized spacial score (nSPS) is 17.2. The van der Waals surface area contributed by atoms with Crippen LogP contribution in [-0.4, -0.2) is 11.5 Å². The molecule has 0 aliphatic heterocycles. The van der Waals surface area contributed by atoms with Gasteiger partial charge in [0.2, 0.25) is 0 Å². The third-order valence-electron chi connectivity index (χ3n) is 5.36. The van der Waals surface area contributed by atoms with Crippen molar-refractivity contribution in [1.29, 1.82) is 0 Å². The van der Waals surface area contributed by atoms with Gasteiger partial charge < -0.3 is 9.73 Å². The smallest absolute Gasteiger partial charge is 0.420 e. The maximum absolute atomic E-state index is 13.4. The van der Waals surface area contributed by atoms with Gasteiger partial charge >= 0.3 is 6.18 Å². The van der Waals surface area contributed by atoms with Gasteiger partial charge in [0.05, 0.1) is 0 Å². The van der Waals surface area contributed by atoms with E-state index in [2.05, 4.69) is 17.2 Å².